The fourth-order valence-corrected chi connectivity index (χ4v) is 5.37. The van der Waals surface area contributed by atoms with Gasteiger partial charge in [0.05, 0.1) is 18.0 Å². The number of thiocarbonyl (C=S) groups is 1. The van der Waals surface area contributed by atoms with E-state index in [1.807, 2.05) is 61.5 Å². The van der Waals surface area contributed by atoms with Crippen molar-refractivity contribution in [2.45, 2.75) is 27.2 Å². The molecule has 0 N–H and O–H groups in total. The SMILES string of the molecule is CCOc1cc(C=C2C(=O)N(c3ccccc3)C(=S)N(c3ccccc3)C2=O)ccc1Cc1cc(C)cc(C)c1. The van der Waals surface area contributed by atoms with Crippen molar-refractivity contribution in [3.8, 4) is 5.75 Å². The van der Waals surface area contributed by atoms with Gasteiger partial charge in [-0.25, -0.2) is 0 Å². The Balaban J connectivity index is 1.56. The van der Waals surface area contributed by atoms with Gasteiger partial charge < -0.3 is 4.74 Å². The van der Waals surface area contributed by atoms with Crippen molar-refractivity contribution in [1.29, 1.82) is 0 Å². The molecule has 5 nitrogen and oxygen atoms in total. The van der Waals surface area contributed by atoms with Gasteiger partial charge >= 0.3 is 0 Å². The van der Waals surface area contributed by atoms with Gasteiger partial charge in [-0.1, -0.05) is 77.9 Å². The van der Waals surface area contributed by atoms with Crippen molar-refractivity contribution in [2.24, 2.45) is 0 Å². The number of carbonyl (C=O) groups excluding carboxylic acids is 2. The Morgan fingerprint density at radius 2 is 1.30 bits per heavy atom. The zero-order valence-corrected chi connectivity index (χ0v) is 23.6. The van der Waals surface area contributed by atoms with Crippen LogP contribution in [0, 0.1) is 13.8 Å². The monoisotopic (exact) mass is 546 g/mol. The number of para-hydroxylation sites is 2. The summed E-state index contributed by atoms with van der Waals surface area (Å²) in [6.45, 7) is 6.62. The van der Waals surface area contributed by atoms with Gasteiger partial charge in [-0.15, -0.1) is 0 Å². The minimum atomic E-state index is -0.467. The molecule has 1 aliphatic heterocycles. The zero-order valence-electron chi connectivity index (χ0n) is 22.8. The van der Waals surface area contributed by atoms with Crippen LogP contribution in [0.15, 0.2) is 103 Å². The van der Waals surface area contributed by atoms with Crippen molar-refractivity contribution >= 4 is 46.6 Å². The van der Waals surface area contributed by atoms with Gasteiger partial charge in [0.2, 0.25) is 0 Å². The van der Waals surface area contributed by atoms with E-state index in [4.69, 9.17) is 17.0 Å². The second-order valence-electron chi connectivity index (χ2n) is 9.77. The highest BCUT2D eigenvalue weighted by molar-refractivity contribution is 7.81. The summed E-state index contributed by atoms with van der Waals surface area (Å²) in [5.74, 6) is -0.210. The first-order valence-electron chi connectivity index (χ1n) is 13.2. The molecule has 1 fully saturated rings. The Bertz CT molecular complexity index is 1530. The number of hydrogen-bond donors (Lipinski definition) is 0. The summed E-state index contributed by atoms with van der Waals surface area (Å²) < 4.78 is 6.01. The fourth-order valence-electron chi connectivity index (χ4n) is 4.99. The second-order valence-corrected chi connectivity index (χ2v) is 10.1. The molecule has 6 heteroatoms. The predicted octanol–water partition coefficient (Wildman–Crippen LogP) is 7.04. The van der Waals surface area contributed by atoms with E-state index in [0.29, 0.717) is 30.0 Å². The molecule has 1 aliphatic rings. The molecule has 2 amide bonds. The van der Waals surface area contributed by atoms with Crippen molar-refractivity contribution in [3.63, 3.8) is 0 Å². The molecule has 200 valence electrons. The lowest BCUT2D eigenvalue weighted by atomic mass is 9.98. The van der Waals surface area contributed by atoms with Gasteiger partial charge in [-0.05, 0) is 86.1 Å². The van der Waals surface area contributed by atoms with Crippen LogP contribution in [0.2, 0.25) is 0 Å². The maximum Gasteiger partial charge on any atom is 0.270 e. The van der Waals surface area contributed by atoms with Crippen LogP contribution in [0.3, 0.4) is 0 Å². The van der Waals surface area contributed by atoms with E-state index in [0.717, 1.165) is 11.3 Å². The van der Waals surface area contributed by atoms with Crippen molar-refractivity contribution in [3.05, 3.63) is 130 Å². The molecule has 1 heterocycles. The van der Waals surface area contributed by atoms with Crippen LogP contribution < -0.4 is 14.5 Å². The number of amides is 2. The topological polar surface area (TPSA) is 49.9 Å². The number of anilines is 2. The standard InChI is InChI=1S/C34H30N2O3S/c1-4-39-31-22-25(15-16-27(31)20-26-18-23(2)17-24(3)19-26)21-30-32(37)35(28-11-7-5-8-12-28)34(40)36(33(30)38)29-13-9-6-10-14-29/h5-19,21-22H,4,20H2,1-3H3. The summed E-state index contributed by atoms with van der Waals surface area (Å²) in [6, 6.07) is 30.6. The molecule has 0 saturated carbocycles. The van der Waals surface area contributed by atoms with E-state index in [-0.39, 0.29) is 10.7 Å². The molecule has 5 rings (SSSR count). The smallest absolute Gasteiger partial charge is 0.270 e. The van der Waals surface area contributed by atoms with Gasteiger partial charge in [0.15, 0.2) is 5.11 Å². The molecule has 4 aromatic rings. The molecule has 0 aliphatic carbocycles. The lowest BCUT2D eigenvalue weighted by molar-refractivity contribution is -0.120. The normalized spacial score (nSPS) is 13.6. The maximum absolute atomic E-state index is 13.8. The summed E-state index contributed by atoms with van der Waals surface area (Å²) in [5.41, 5.74) is 6.57. The second kappa shape index (κ2) is 11.7. The van der Waals surface area contributed by atoms with Crippen LogP contribution in [0.5, 0.6) is 5.75 Å². The lowest BCUT2D eigenvalue weighted by Crippen LogP contribution is -2.56. The summed E-state index contributed by atoms with van der Waals surface area (Å²) in [4.78, 5) is 30.4. The number of benzene rings is 4. The van der Waals surface area contributed by atoms with E-state index in [2.05, 4.69) is 32.0 Å². The average molecular weight is 547 g/mol. The van der Waals surface area contributed by atoms with E-state index in [1.165, 1.54) is 26.5 Å². The molecule has 1 saturated heterocycles. The number of aryl methyl sites for hydroxylation is 2. The minimum Gasteiger partial charge on any atom is -0.494 e. The van der Waals surface area contributed by atoms with Crippen LogP contribution in [0.1, 0.15) is 34.7 Å². The molecule has 0 aromatic heterocycles. The van der Waals surface area contributed by atoms with Crippen LogP contribution >= 0.6 is 12.2 Å². The van der Waals surface area contributed by atoms with Crippen LogP contribution in [0.4, 0.5) is 11.4 Å². The molecule has 4 aromatic carbocycles. The van der Waals surface area contributed by atoms with Crippen LogP contribution in [0.25, 0.3) is 6.08 Å². The molecular weight excluding hydrogens is 516 g/mol. The first-order chi connectivity index (χ1) is 19.4. The van der Waals surface area contributed by atoms with Gasteiger partial charge in [-0.3, -0.25) is 19.4 Å². The van der Waals surface area contributed by atoms with Crippen LogP contribution in [-0.4, -0.2) is 23.5 Å². The Labute approximate surface area is 240 Å². The molecule has 0 radical (unpaired) electrons. The number of ether oxygens (including phenoxy) is 1. The maximum atomic E-state index is 13.8. The number of carbonyl (C=O) groups is 2. The molecular formula is C34H30N2O3S. The highest BCUT2D eigenvalue weighted by atomic mass is 32.1. The van der Waals surface area contributed by atoms with Gasteiger partial charge in [0, 0.05) is 6.42 Å². The van der Waals surface area contributed by atoms with Crippen molar-refractivity contribution in [2.75, 3.05) is 16.4 Å². The predicted molar refractivity (Wildman–Crippen MR) is 165 cm³/mol. The van der Waals surface area contributed by atoms with E-state index in [9.17, 15) is 9.59 Å². The molecule has 40 heavy (non-hydrogen) atoms. The summed E-state index contributed by atoms with van der Waals surface area (Å²) >= 11 is 5.70. The molecule has 0 bridgehead atoms. The highest BCUT2D eigenvalue weighted by Gasteiger charge is 2.41. The van der Waals surface area contributed by atoms with E-state index in [1.54, 1.807) is 30.3 Å². The Morgan fingerprint density at radius 3 is 1.82 bits per heavy atom. The summed E-state index contributed by atoms with van der Waals surface area (Å²) in [5, 5.41) is 0.114. The summed E-state index contributed by atoms with van der Waals surface area (Å²) in [6.07, 6.45) is 2.34. The lowest BCUT2D eigenvalue weighted by Gasteiger charge is -2.36. The third-order valence-corrected chi connectivity index (χ3v) is 7.02. The third-order valence-electron chi connectivity index (χ3n) is 6.66. The zero-order chi connectivity index (χ0) is 28.2. The fraction of sp³-hybridized carbons (Fsp3) is 0.147. The van der Waals surface area contributed by atoms with Crippen molar-refractivity contribution < 1.29 is 14.3 Å². The number of rotatable bonds is 7. The van der Waals surface area contributed by atoms with Gasteiger partial charge in [-0.2, -0.15) is 0 Å². The molecule has 0 atom stereocenters. The molecule has 0 spiro atoms. The number of nitrogens with zero attached hydrogens (tertiary/aromatic N) is 2. The highest BCUT2D eigenvalue weighted by Crippen LogP contribution is 2.31. The average Bonchev–Trinajstić information content (AvgIpc) is 2.93. The number of hydrogen-bond acceptors (Lipinski definition) is 4. The van der Waals surface area contributed by atoms with E-state index < -0.39 is 11.8 Å². The molecule has 0 unspecified atom stereocenters. The van der Waals surface area contributed by atoms with Crippen molar-refractivity contribution in [1.82, 2.24) is 0 Å². The van der Waals surface area contributed by atoms with Crippen LogP contribution in [-0.2, 0) is 16.0 Å². The first kappa shape index (κ1) is 27.0. The van der Waals surface area contributed by atoms with Gasteiger partial charge in [0.1, 0.15) is 11.3 Å². The largest absolute Gasteiger partial charge is 0.494 e. The minimum absolute atomic E-state index is 0.0193. The first-order valence-corrected chi connectivity index (χ1v) is 13.6. The Kier molecular flexibility index (Phi) is 7.89. The Hall–Kier alpha value is -4.55. The van der Waals surface area contributed by atoms with Gasteiger partial charge in [0.25, 0.3) is 11.8 Å². The quantitative estimate of drug-likeness (QED) is 0.142. The van der Waals surface area contributed by atoms with E-state index >= 15 is 0 Å². The summed E-state index contributed by atoms with van der Waals surface area (Å²) in [7, 11) is 0. The third kappa shape index (κ3) is 5.58. The Morgan fingerprint density at radius 1 is 0.750 bits per heavy atom.